The first-order chi connectivity index (χ1) is 13.2. The normalized spacial score (nSPS) is 17.1. The Kier molecular flexibility index (Phi) is 5.28. The van der Waals surface area contributed by atoms with Crippen LogP contribution in [0.1, 0.15) is 33.3 Å². The van der Waals surface area contributed by atoms with Gasteiger partial charge < -0.3 is 14.6 Å². The molecule has 0 aliphatic carbocycles. The maximum atomic E-state index is 12.5. The van der Waals surface area contributed by atoms with E-state index in [0.29, 0.717) is 17.1 Å². The van der Waals surface area contributed by atoms with Crippen LogP contribution in [0.4, 0.5) is 0 Å². The second kappa shape index (κ2) is 7.99. The summed E-state index contributed by atoms with van der Waals surface area (Å²) in [5, 5.41) is 3.62. The van der Waals surface area contributed by atoms with Crippen LogP contribution in [0, 0.1) is 0 Å². The first-order valence-corrected chi connectivity index (χ1v) is 9.57. The van der Waals surface area contributed by atoms with Gasteiger partial charge in [-0.25, -0.2) is 0 Å². The van der Waals surface area contributed by atoms with Crippen molar-refractivity contribution in [1.29, 1.82) is 0 Å². The topological polar surface area (TPSA) is 46.7 Å². The fourth-order valence-electron chi connectivity index (χ4n) is 3.76. The molecule has 0 radical (unpaired) electrons. The Bertz CT molecular complexity index is 924. The number of rotatable bonds is 5. The average molecular weight is 382 g/mol. The zero-order chi connectivity index (χ0) is 18.6. The van der Waals surface area contributed by atoms with Gasteiger partial charge in [0.1, 0.15) is 6.54 Å². The van der Waals surface area contributed by atoms with Crippen LogP contribution in [0.5, 0.6) is 0 Å². The smallest absolute Gasteiger partial charge is 0.251 e. The van der Waals surface area contributed by atoms with Crippen molar-refractivity contribution in [3.63, 3.8) is 0 Å². The molecule has 0 saturated heterocycles. The van der Waals surface area contributed by atoms with E-state index in [2.05, 4.69) is 29.6 Å². The van der Waals surface area contributed by atoms with E-state index < -0.39 is 0 Å². The lowest BCUT2D eigenvalue weighted by Gasteiger charge is -2.31. The standard InChI is InChI=1S/C22H21ClN2O2/c23-19-8-3-7-17(13-19)22(26)24-14-20(21-9-4-12-27-21)25-11-10-16-5-1-2-6-18(16)15-25/h1-9,12-13,20H,10-11,14-15H2,(H,24,26)/p+1/t20-/m0/s1. The molecule has 5 heteroatoms. The summed E-state index contributed by atoms with van der Waals surface area (Å²) in [6.45, 7) is 2.44. The molecule has 0 saturated carbocycles. The summed E-state index contributed by atoms with van der Waals surface area (Å²) < 4.78 is 5.70. The van der Waals surface area contributed by atoms with Gasteiger partial charge in [-0.3, -0.25) is 4.79 Å². The lowest BCUT2D eigenvalue weighted by Crippen LogP contribution is -3.12. The number of halogens is 1. The van der Waals surface area contributed by atoms with Crippen LogP contribution in [-0.2, 0) is 13.0 Å². The molecule has 0 fully saturated rings. The number of benzene rings is 2. The van der Waals surface area contributed by atoms with Crippen molar-refractivity contribution in [1.82, 2.24) is 5.32 Å². The number of hydrogen-bond donors (Lipinski definition) is 2. The molecule has 3 aromatic rings. The van der Waals surface area contributed by atoms with Crippen molar-refractivity contribution in [3.05, 3.63) is 94.4 Å². The summed E-state index contributed by atoms with van der Waals surface area (Å²) in [5.41, 5.74) is 3.36. The summed E-state index contributed by atoms with van der Waals surface area (Å²) in [5.74, 6) is 0.779. The fraction of sp³-hybridized carbons (Fsp3) is 0.227. The van der Waals surface area contributed by atoms with Gasteiger partial charge in [-0.05, 0) is 35.9 Å². The molecule has 1 aliphatic rings. The van der Waals surface area contributed by atoms with Gasteiger partial charge in [0.2, 0.25) is 0 Å². The van der Waals surface area contributed by atoms with E-state index in [-0.39, 0.29) is 11.9 Å². The molecular weight excluding hydrogens is 360 g/mol. The Morgan fingerprint density at radius 1 is 1.11 bits per heavy atom. The Hall–Kier alpha value is -2.56. The average Bonchev–Trinajstić information content (AvgIpc) is 3.22. The number of amides is 1. The van der Waals surface area contributed by atoms with Gasteiger partial charge in [-0.1, -0.05) is 41.9 Å². The van der Waals surface area contributed by atoms with Crippen molar-refractivity contribution in [2.45, 2.75) is 19.0 Å². The van der Waals surface area contributed by atoms with E-state index in [1.54, 1.807) is 30.5 Å². The third-order valence-corrected chi connectivity index (χ3v) is 5.42. The summed E-state index contributed by atoms with van der Waals surface area (Å²) >= 11 is 6.00. The Morgan fingerprint density at radius 3 is 2.74 bits per heavy atom. The summed E-state index contributed by atoms with van der Waals surface area (Å²) in [6.07, 6.45) is 2.73. The van der Waals surface area contributed by atoms with Crippen molar-refractivity contribution in [2.24, 2.45) is 0 Å². The van der Waals surface area contributed by atoms with E-state index >= 15 is 0 Å². The minimum absolute atomic E-state index is 0.0662. The van der Waals surface area contributed by atoms with Crippen LogP contribution >= 0.6 is 11.6 Å². The molecule has 0 bridgehead atoms. The van der Waals surface area contributed by atoms with Crippen LogP contribution in [-0.4, -0.2) is 19.0 Å². The molecule has 2 heterocycles. The molecule has 4 rings (SSSR count). The molecule has 1 amide bonds. The Balaban J connectivity index is 1.50. The van der Waals surface area contributed by atoms with Crippen molar-refractivity contribution >= 4 is 17.5 Å². The molecule has 4 nitrogen and oxygen atoms in total. The van der Waals surface area contributed by atoms with Crippen LogP contribution in [0.2, 0.25) is 5.02 Å². The predicted molar refractivity (Wildman–Crippen MR) is 105 cm³/mol. The second-order valence-corrected chi connectivity index (χ2v) is 7.33. The lowest BCUT2D eigenvalue weighted by molar-refractivity contribution is -0.946. The third-order valence-electron chi connectivity index (χ3n) is 5.18. The number of quaternary nitrogens is 1. The SMILES string of the molecule is O=C(NC[C@@H](c1ccco1)[NH+]1CCc2ccccc2C1)c1cccc(Cl)c1. The van der Waals surface area contributed by atoms with E-state index in [1.165, 1.54) is 16.0 Å². The molecule has 2 N–H and O–H groups in total. The maximum Gasteiger partial charge on any atom is 0.251 e. The summed E-state index contributed by atoms with van der Waals surface area (Å²) in [6, 6.07) is 19.5. The maximum absolute atomic E-state index is 12.5. The van der Waals surface area contributed by atoms with E-state index in [1.807, 2.05) is 12.1 Å². The number of furan rings is 1. The minimum atomic E-state index is -0.120. The van der Waals surface area contributed by atoms with Gasteiger partial charge in [-0.15, -0.1) is 0 Å². The van der Waals surface area contributed by atoms with E-state index in [9.17, 15) is 4.79 Å². The molecular formula is C22H22ClN2O2+. The van der Waals surface area contributed by atoms with Crippen LogP contribution < -0.4 is 10.2 Å². The van der Waals surface area contributed by atoms with Gasteiger partial charge in [0.15, 0.2) is 11.8 Å². The molecule has 2 aromatic carbocycles. The lowest BCUT2D eigenvalue weighted by atomic mass is 9.98. The third kappa shape index (κ3) is 4.07. The van der Waals surface area contributed by atoms with Gasteiger partial charge in [-0.2, -0.15) is 0 Å². The van der Waals surface area contributed by atoms with Gasteiger partial charge in [0.25, 0.3) is 5.91 Å². The molecule has 0 spiro atoms. The highest BCUT2D eigenvalue weighted by Gasteiger charge is 2.30. The Labute approximate surface area is 163 Å². The summed E-state index contributed by atoms with van der Waals surface area (Å²) in [4.78, 5) is 13.9. The largest absolute Gasteiger partial charge is 0.463 e. The molecule has 27 heavy (non-hydrogen) atoms. The van der Waals surface area contributed by atoms with Crippen molar-refractivity contribution in [2.75, 3.05) is 13.1 Å². The first-order valence-electron chi connectivity index (χ1n) is 9.19. The van der Waals surface area contributed by atoms with Gasteiger partial charge in [0, 0.05) is 22.6 Å². The van der Waals surface area contributed by atoms with Crippen molar-refractivity contribution in [3.8, 4) is 0 Å². The number of nitrogens with one attached hydrogen (secondary N) is 2. The van der Waals surface area contributed by atoms with E-state index in [0.717, 1.165) is 25.3 Å². The predicted octanol–water partition coefficient (Wildman–Crippen LogP) is 3.05. The minimum Gasteiger partial charge on any atom is -0.463 e. The molecule has 1 aromatic heterocycles. The van der Waals surface area contributed by atoms with Crippen molar-refractivity contribution < 1.29 is 14.1 Å². The fourth-order valence-corrected chi connectivity index (χ4v) is 3.95. The zero-order valence-corrected chi connectivity index (χ0v) is 15.7. The number of fused-ring (bicyclic) bond motifs is 1. The number of carbonyl (C=O) groups excluding carboxylic acids is 1. The van der Waals surface area contributed by atoms with Crippen LogP contribution in [0.15, 0.2) is 71.3 Å². The van der Waals surface area contributed by atoms with Gasteiger partial charge in [0.05, 0.1) is 19.4 Å². The van der Waals surface area contributed by atoms with E-state index in [4.69, 9.17) is 16.0 Å². The van der Waals surface area contributed by atoms with Crippen LogP contribution in [0.3, 0.4) is 0 Å². The second-order valence-electron chi connectivity index (χ2n) is 6.89. The number of hydrogen-bond acceptors (Lipinski definition) is 2. The first kappa shape index (κ1) is 17.8. The highest BCUT2D eigenvalue weighted by Crippen LogP contribution is 2.16. The quantitative estimate of drug-likeness (QED) is 0.713. The number of carbonyl (C=O) groups is 1. The zero-order valence-electron chi connectivity index (χ0n) is 15.0. The Morgan fingerprint density at radius 2 is 1.96 bits per heavy atom. The van der Waals surface area contributed by atoms with Crippen LogP contribution in [0.25, 0.3) is 0 Å². The molecule has 1 unspecified atom stereocenters. The molecule has 1 aliphatic heterocycles. The molecule has 138 valence electrons. The monoisotopic (exact) mass is 381 g/mol. The summed E-state index contributed by atoms with van der Waals surface area (Å²) in [7, 11) is 0. The highest BCUT2D eigenvalue weighted by molar-refractivity contribution is 6.30. The van der Waals surface area contributed by atoms with Gasteiger partial charge >= 0.3 is 0 Å². The highest BCUT2D eigenvalue weighted by atomic mass is 35.5. The molecule has 2 atom stereocenters.